The summed E-state index contributed by atoms with van der Waals surface area (Å²) in [5, 5.41) is 6.97. The summed E-state index contributed by atoms with van der Waals surface area (Å²) in [7, 11) is 0. The summed E-state index contributed by atoms with van der Waals surface area (Å²) >= 11 is 1.73. The van der Waals surface area contributed by atoms with E-state index in [0.717, 1.165) is 31.1 Å². The van der Waals surface area contributed by atoms with Gasteiger partial charge in [0, 0.05) is 30.2 Å². The largest absolute Gasteiger partial charge is 0.364 e. The molecule has 0 aliphatic carbocycles. The van der Waals surface area contributed by atoms with Crippen LogP contribution in [0.1, 0.15) is 29.6 Å². The Kier molecular flexibility index (Phi) is 4.03. The third kappa shape index (κ3) is 2.86. The number of fused-ring (bicyclic) bond motifs is 1. The van der Waals surface area contributed by atoms with Gasteiger partial charge in [0.2, 0.25) is 0 Å². The molecule has 20 heavy (non-hydrogen) atoms. The molecule has 0 fully saturated rings. The molecule has 3 nitrogen and oxygen atoms in total. The van der Waals surface area contributed by atoms with Crippen molar-refractivity contribution in [2.24, 2.45) is 0 Å². The zero-order valence-corrected chi connectivity index (χ0v) is 12.9. The first-order valence-electron chi connectivity index (χ1n) is 7.23. The van der Waals surface area contributed by atoms with Crippen LogP contribution >= 0.6 is 11.3 Å². The molecule has 1 N–H and O–H groups in total. The van der Waals surface area contributed by atoms with Crippen molar-refractivity contribution in [2.45, 2.75) is 39.4 Å². The van der Waals surface area contributed by atoms with Crippen LogP contribution in [0.25, 0.3) is 0 Å². The van der Waals surface area contributed by atoms with Crippen molar-refractivity contribution in [3.8, 4) is 0 Å². The van der Waals surface area contributed by atoms with E-state index in [0.29, 0.717) is 6.04 Å². The second-order valence-electron chi connectivity index (χ2n) is 5.35. The summed E-state index contributed by atoms with van der Waals surface area (Å²) in [5.74, 6) is 0. The first-order valence-corrected chi connectivity index (χ1v) is 8.11. The lowest BCUT2D eigenvalue weighted by molar-refractivity contribution is 0.501. The monoisotopic (exact) mass is 287 g/mol. The number of para-hydroxylation sites is 1. The van der Waals surface area contributed by atoms with Crippen molar-refractivity contribution in [2.75, 3.05) is 11.4 Å². The zero-order valence-electron chi connectivity index (χ0n) is 12.1. The summed E-state index contributed by atoms with van der Waals surface area (Å²) < 4.78 is 0. The van der Waals surface area contributed by atoms with Crippen LogP contribution in [0, 0.1) is 6.92 Å². The molecule has 0 spiro atoms. The SMILES string of the molecule is CCC1CN(Cc2csc(C)n2)c2ccccc2CN1. The van der Waals surface area contributed by atoms with E-state index in [1.54, 1.807) is 11.3 Å². The number of hydrogen-bond donors (Lipinski definition) is 1. The molecule has 0 saturated heterocycles. The quantitative estimate of drug-likeness (QED) is 0.938. The Labute approximate surface area is 124 Å². The van der Waals surface area contributed by atoms with E-state index < -0.39 is 0 Å². The fraction of sp³-hybridized carbons (Fsp3) is 0.438. The zero-order chi connectivity index (χ0) is 13.9. The van der Waals surface area contributed by atoms with Gasteiger partial charge in [-0.25, -0.2) is 4.98 Å². The van der Waals surface area contributed by atoms with Crippen LogP contribution in [-0.4, -0.2) is 17.6 Å². The molecule has 1 unspecified atom stereocenters. The predicted octanol–water partition coefficient (Wildman–Crippen LogP) is 3.34. The van der Waals surface area contributed by atoms with Gasteiger partial charge in [-0.2, -0.15) is 0 Å². The van der Waals surface area contributed by atoms with E-state index >= 15 is 0 Å². The fourth-order valence-corrected chi connectivity index (χ4v) is 3.36. The molecule has 1 atom stereocenters. The van der Waals surface area contributed by atoms with E-state index in [1.807, 2.05) is 0 Å². The third-order valence-corrected chi connectivity index (χ3v) is 4.69. The highest BCUT2D eigenvalue weighted by Crippen LogP contribution is 2.26. The van der Waals surface area contributed by atoms with Crippen molar-refractivity contribution >= 4 is 17.0 Å². The second-order valence-corrected chi connectivity index (χ2v) is 6.42. The topological polar surface area (TPSA) is 28.2 Å². The Morgan fingerprint density at radius 3 is 3.00 bits per heavy atom. The molecule has 2 heterocycles. The second kappa shape index (κ2) is 5.94. The smallest absolute Gasteiger partial charge is 0.0898 e. The molecule has 1 aliphatic rings. The fourth-order valence-electron chi connectivity index (χ4n) is 2.75. The molecule has 1 aromatic carbocycles. The Morgan fingerprint density at radius 2 is 2.25 bits per heavy atom. The molecular weight excluding hydrogens is 266 g/mol. The molecule has 106 valence electrons. The normalized spacial score (nSPS) is 18.7. The van der Waals surface area contributed by atoms with E-state index in [2.05, 4.69) is 58.7 Å². The van der Waals surface area contributed by atoms with Gasteiger partial charge in [0.05, 0.1) is 17.2 Å². The van der Waals surface area contributed by atoms with Crippen LogP contribution < -0.4 is 10.2 Å². The highest BCUT2D eigenvalue weighted by Gasteiger charge is 2.20. The van der Waals surface area contributed by atoms with Crippen LogP contribution in [0.15, 0.2) is 29.6 Å². The van der Waals surface area contributed by atoms with Gasteiger partial charge in [0.1, 0.15) is 0 Å². The summed E-state index contributed by atoms with van der Waals surface area (Å²) in [4.78, 5) is 7.09. The molecule has 0 amide bonds. The van der Waals surface area contributed by atoms with Gasteiger partial charge < -0.3 is 10.2 Å². The van der Waals surface area contributed by atoms with Crippen LogP contribution in [0.3, 0.4) is 0 Å². The molecule has 1 aliphatic heterocycles. The number of nitrogens with zero attached hydrogens (tertiary/aromatic N) is 2. The maximum atomic E-state index is 4.62. The van der Waals surface area contributed by atoms with Gasteiger partial charge in [-0.1, -0.05) is 25.1 Å². The van der Waals surface area contributed by atoms with Gasteiger partial charge in [0.25, 0.3) is 0 Å². The van der Waals surface area contributed by atoms with Gasteiger partial charge >= 0.3 is 0 Å². The van der Waals surface area contributed by atoms with Crippen molar-refractivity contribution in [1.29, 1.82) is 0 Å². The van der Waals surface area contributed by atoms with Crippen molar-refractivity contribution in [3.05, 3.63) is 45.9 Å². The molecule has 0 bridgehead atoms. The van der Waals surface area contributed by atoms with Crippen LogP contribution in [0.2, 0.25) is 0 Å². The molecule has 1 aromatic heterocycles. The van der Waals surface area contributed by atoms with Crippen LogP contribution in [-0.2, 0) is 13.1 Å². The Morgan fingerprint density at radius 1 is 1.40 bits per heavy atom. The number of benzene rings is 1. The van der Waals surface area contributed by atoms with E-state index in [1.165, 1.54) is 16.9 Å². The number of anilines is 1. The minimum atomic E-state index is 0.544. The minimum absolute atomic E-state index is 0.544. The average molecular weight is 287 g/mol. The van der Waals surface area contributed by atoms with E-state index in [4.69, 9.17) is 0 Å². The van der Waals surface area contributed by atoms with E-state index in [9.17, 15) is 0 Å². The Hall–Kier alpha value is -1.39. The van der Waals surface area contributed by atoms with Gasteiger partial charge in [-0.05, 0) is 25.0 Å². The van der Waals surface area contributed by atoms with Gasteiger partial charge in [-0.15, -0.1) is 11.3 Å². The summed E-state index contributed by atoms with van der Waals surface area (Å²) in [6.07, 6.45) is 1.15. The lowest BCUT2D eigenvalue weighted by Gasteiger charge is -2.26. The Balaban J connectivity index is 1.89. The first kappa shape index (κ1) is 13.6. The standard InChI is InChI=1S/C16H21N3S/c1-3-14-9-19(10-15-11-20-12(2)18-15)16-7-5-4-6-13(16)8-17-14/h4-7,11,14,17H,3,8-10H2,1-2H3. The number of thiazole rings is 1. The maximum absolute atomic E-state index is 4.62. The number of nitrogens with one attached hydrogen (secondary N) is 1. The first-order chi connectivity index (χ1) is 9.76. The van der Waals surface area contributed by atoms with Crippen LogP contribution in [0.4, 0.5) is 5.69 Å². The Bertz CT molecular complexity index is 579. The molecule has 0 saturated carbocycles. The molecule has 3 rings (SSSR count). The summed E-state index contributed by atoms with van der Waals surface area (Å²) in [6.45, 7) is 7.23. The molecule has 2 aromatic rings. The lowest BCUT2D eigenvalue weighted by atomic mass is 10.1. The number of aryl methyl sites for hydroxylation is 1. The van der Waals surface area contributed by atoms with Gasteiger partial charge in [0.15, 0.2) is 0 Å². The summed E-state index contributed by atoms with van der Waals surface area (Å²) in [5.41, 5.74) is 3.91. The third-order valence-electron chi connectivity index (χ3n) is 3.87. The number of rotatable bonds is 3. The van der Waals surface area contributed by atoms with Crippen molar-refractivity contribution in [1.82, 2.24) is 10.3 Å². The minimum Gasteiger partial charge on any atom is -0.364 e. The maximum Gasteiger partial charge on any atom is 0.0898 e. The molecule has 4 heteroatoms. The van der Waals surface area contributed by atoms with E-state index in [-0.39, 0.29) is 0 Å². The predicted molar refractivity (Wildman–Crippen MR) is 85.3 cm³/mol. The highest BCUT2D eigenvalue weighted by atomic mass is 32.1. The highest BCUT2D eigenvalue weighted by molar-refractivity contribution is 7.09. The van der Waals surface area contributed by atoms with Crippen LogP contribution in [0.5, 0.6) is 0 Å². The van der Waals surface area contributed by atoms with Gasteiger partial charge in [-0.3, -0.25) is 0 Å². The number of hydrogen-bond acceptors (Lipinski definition) is 4. The number of aromatic nitrogens is 1. The molecule has 0 radical (unpaired) electrons. The van der Waals surface area contributed by atoms with Crippen molar-refractivity contribution < 1.29 is 0 Å². The lowest BCUT2D eigenvalue weighted by Crippen LogP contribution is -2.37. The average Bonchev–Trinajstić information content (AvgIpc) is 2.79. The molecular formula is C16H21N3S. The van der Waals surface area contributed by atoms with Crippen molar-refractivity contribution in [3.63, 3.8) is 0 Å². The summed E-state index contributed by atoms with van der Waals surface area (Å²) in [6, 6.07) is 9.25.